The molecule has 1 atom stereocenters. The Bertz CT molecular complexity index is 457. The lowest BCUT2D eigenvalue weighted by Gasteiger charge is -2.19. The van der Waals surface area contributed by atoms with E-state index in [2.05, 4.69) is 41.4 Å². The zero-order chi connectivity index (χ0) is 15.2. The molecule has 0 aliphatic heterocycles. The van der Waals surface area contributed by atoms with E-state index in [1.165, 1.54) is 0 Å². The van der Waals surface area contributed by atoms with Gasteiger partial charge in [-0.15, -0.1) is 0 Å². The molecule has 1 heterocycles. The Morgan fingerprint density at radius 2 is 1.80 bits per heavy atom. The van der Waals surface area contributed by atoms with Crippen molar-refractivity contribution >= 4 is 22.4 Å². The summed E-state index contributed by atoms with van der Waals surface area (Å²) in [4.78, 5) is 9.11. The van der Waals surface area contributed by atoms with Crippen LogP contribution in [-0.2, 0) is 16.2 Å². The van der Waals surface area contributed by atoms with Crippen molar-refractivity contribution in [3.63, 3.8) is 0 Å². The third-order valence-corrected chi connectivity index (χ3v) is 3.53. The SMILES string of the molecule is CCNc1cc(NCCCS(C)=O)nc(C(C)(C)C)n1. The average molecular weight is 298 g/mol. The third kappa shape index (κ3) is 5.86. The summed E-state index contributed by atoms with van der Waals surface area (Å²) in [7, 11) is -0.734. The van der Waals surface area contributed by atoms with Gasteiger partial charge in [0, 0.05) is 47.4 Å². The van der Waals surface area contributed by atoms with Gasteiger partial charge in [0.2, 0.25) is 0 Å². The van der Waals surface area contributed by atoms with Crippen molar-refractivity contribution in [3.05, 3.63) is 11.9 Å². The van der Waals surface area contributed by atoms with Crippen LogP contribution < -0.4 is 10.6 Å². The Morgan fingerprint density at radius 1 is 1.20 bits per heavy atom. The number of hydrogen-bond acceptors (Lipinski definition) is 5. The molecule has 0 aromatic carbocycles. The van der Waals surface area contributed by atoms with Gasteiger partial charge in [-0.3, -0.25) is 4.21 Å². The van der Waals surface area contributed by atoms with Crippen LogP contribution in [0.2, 0.25) is 0 Å². The first-order valence-electron chi connectivity index (χ1n) is 7.00. The topological polar surface area (TPSA) is 66.9 Å². The van der Waals surface area contributed by atoms with E-state index in [0.717, 1.165) is 37.0 Å². The molecule has 20 heavy (non-hydrogen) atoms. The Kier molecular flexibility index (Phi) is 6.39. The van der Waals surface area contributed by atoms with E-state index in [1.54, 1.807) is 6.26 Å². The molecule has 6 heteroatoms. The summed E-state index contributed by atoms with van der Waals surface area (Å²) in [6, 6.07) is 1.92. The standard InChI is InChI=1S/C14H26N4OS/c1-6-15-11-10-12(16-8-7-9-20(5)19)18-13(17-11)14(2,3)4/h10H,6-9H2,1-5H3,(H2,15,16,17,18). The molecule has 0 spiro atoms. The van der Waals surface area contributed by atoms with Crippen molar-refractivity contribution < 1.29 is 4.21 Å². The monoisotopic (exact) mass is 298 g/mol. The van der Waals surface area contributed by atoms with Crippen LogP contribution in [0.3, 0.4) is 0 Å². The van der Waals surface area contributed by atoms with Crippen LogP contribution in [0.5, 0.6) is 0 Å². The fraction of sp³-hybridized carbons (Fsp3) is 0.714. The van der Waals surface area contributed by atoms with Crippen LogP contribution in [0.25, 0.3) is 0 Å². The Hall–Kier alpha value is -1.17. The first kappa shape index (κ1) is 16.9. The van der Waals surface area contributed by atoms with Crippen molar-refractivity contribution in [3.8, 4) is 0 Å². The molecule has 0 fully saturated rings. The van der Waals surface area contributed by atoms with Gasteiger partial charge in [0.1, 0.15) is 17.5 Å². The van der Waals surface area contributed by atoms with Gasteiger partial charge in [0.25, 0.3) is 0 Å². The minimum absolute atomic E-state index is 0.0905. The van der Waals surface area contributed by atoms with Crippen molar-refractivity contribution in [2.75, 3.05) is 35.7 Å². The van der Waals surface area contributed by atoms with Crippen LogP contribution in [0, 0.1) is 0 Å². The molecule has 1 unspecified atom stereocenters. The fourth-order valence-electron chi connectivity index (χ4n) is 1.64. The van der Waals surface area contributed by atoms with E-state index >= 15 is 0 Å². The molecule has 1 aromatic heterocycles. The summed E-state index contributed by atoms with van der Waals surface area (Å²) in [5.41, 5.74) is -0.0905. The average Bonchev–Trinajstić information content (AvgIpc) is 2.33. The Labute approximate surface area is 124 Å². The first-order chi connectivity index (χ1) is 9.32. The second kappa shape index (κ2) is 7.57. The Balaban J connectivity index is 2.78. The van der Waals surface area contributed by atoms with E-state index in [0.29, 0.717) is 5.75 Å². The lowest BCUT2D eigenvalue weighted by molar-refractivity contribution is 0.546. The van der Waals surface area contributed by atoms with E-state index in [1.807, 2.05) is 13.0 Å². The van der Waals surface area contributed by atoms with E-state index < -0.39 is 10.8 Å². The molecule has 0 saturated carbocycles. The molecule has 0 aliphatic carbocycles. The minimum atomic E-state index is -0.734. The van der Waals surface area contributed by atoms with Gasteiger partial charge in [-0.25, -0.2) is 9.97 Å². The van der Waals surface area contributed by atoms with E-state index in [-0.39, 0.29) is 5.41 Å². The van der Waals surface area contributed by atoms with Crippen LogP contribution >= 0.6 is 0 Å². The highest BCUT2D eigenvalue weighted by molar-refractivity contribution is 7.84. The molecule has 1 aromatic rings. The maximum atomic E-state index is 11.0. The number of anilines is 2. The zero-order valence-electron chi connectivity index (χ0n) is 13.1. The number of aromatic nitrogens is 2. The predicted octanol–water partition coefficient (Wildman–Crippen LogP) is 2.39. The summed E-state index contributed by atoms with van der Waals surface area (Å²) in [6.07, 6.45) is 2.60. The third-order valence-electron chi connectivity index (χ3n) is 2.67. The molecular weight excluding hydrogens is 272 g/mol. The van der Waals surface area contributed by atoms with Gasteiger partial charge in [-0.1, -0.05) is 20.8 Å². The maximum Gasteiger partial charge on any atom is 0.138 e. The maximum absolute atomic E-state index is 11.0. The molecule has 2 N–H and O–H groups in total. The summed E-state index contributed by atoms with van der Waals surface area (Å²) in [5.74, 6) is 3.19. The second-order valence-corrected chi connectivity index (χ2v) is 7.35. The van der Waals surface area contributed by atoms with Crippen LogP contribution in [0.4, 0.5) is 11.6 Å². The van der Waals surface area contributed by atoms with Gasteiger partial charge in [0.05, 0.1) is 0 Å². The molecule has 5 nitrogen and oxygen atoms in total. The molecule has 0 saturated heterocycles. The molecule has 0 radical (unpaired) electrons. The van der Waals surface area contributed by atoms with Crippen LogP contribution in [0.15, 0.2) is 6.07 Å². The summed E-state index contributed by atoms with van der Waals surface area (Å²) in [6.45, 7) is 9.94. The highest BCUT2D eigenvalue weighted by atomic mass is 32.2. The van der Waals surface area contributed by atoms with Gasteiger partial charge in [-0.2, -0.15) is 0 Å². The second-order valence-electron chi connectivity index (χ2n) is 5.80. The van der Waals surface area contributed by atoms with Crippen molar-refractivity contribution in [2.45, 2.75) is 39.5 Å². The minimum Gasteiger partial charge on any atom is -0.370 e. The number of hydrogen-bond donors (Lipinski definition) is 2. The smallest absolute Gasteiger partial charge is 0.138 e. The van der Waals surface area contributed by atoms with E-state index in [4.69, 9.17) is 0 Å². The first-order valence-corrected chi connectivity index (χ1v) is 8.73. The van der Waals surface area contributed by atoms with Crippen molar-refractivity contribution in [2.24, 2.45) is 0 Å². The largest absolute Gasteiger partial charge is 0.370 e. The highest BCUT2D eigenvalue weighted by Crippen LogP contribution is 2.22. The fourth-order valence-corrected chi connectivity index (χ4v) is 2.19. The van der Waals surface area contributed by atoms with Gasteiger partial charge in [0.15, 0.2) is 0 Å². The lowest BCUT2D eigenvalue weighted by atomic mass is 9.96. The molecular formula is C14H26N4OS. The van der Waals surface area contributed by atoms with Gasteiger partial charge < -0.3 is 10.6 Å². The van der Waals surface area contributed by atoms with Crippen molar-refractivity contribution in [1.29, 1.82) is 0 Å². The molecule has 0 amide bonds. The number of nitrogens with zero attached hydrogens (tertiary/aromatic N) is 2. The number of nitrogens with one attached hydrogen (secondary N) is 2. The molecule has 0 aliphatic rings. The zero-order valence-corrected chi connectivity index (χ0v) is 13.9. The Morgan fingerprint density at radius 3 is 2.30 bits per heavy atom. The lowest BCUT2D eigenvalue weighted by Crippen LogP contribution is -2.19. The normalized spacial score (nSPS) is 13.1. The van der Waals surface area contributed by atoms with E-state index in [9.17, 15) is 4.21 Å². The molecule has 1 rings (SSSR count). The predicted molar refractivity (Wildman–Crippen MR) is 86.9 cm³/mol. The molecule has 114 valence electrons. The summed E-state index contributed by atoms with van der Waals surface area (Å²) in [5, 5.41) is 6.52. The number of rotatable bonds is 7. The highest BCUT2D eigenvalue weighted by Gasteiger charge is 2.19. The quantitative estimate of drug-likeness (QED) is 0.757. The van der Waals surface area contributed by atoms with Crippen LogP contribution in [0.1, 0.15) is 39.9 Å². The molecule has 0 bridgehead atoms. The summed E-state index contributed by atoms with van der Waals surface area (Å²) >= 11 is 0. The van der Waals surface area contributed by atoms with Crippen molar-refractivity contribution in [1.82, 2.24) is 9.97 Å². The van der Waals surface area contributed by atoms with Gasteiger partial charge in [-0.05, 0) is 13.3 Å². The van der Waals surface area contributed by atoms with Crippen LogP contribution in [-0.4, -0.2) is 39.3 Å². The summed E-state index contributed by atoms with van der Waals surface area (Å²) < 4.78 is 11.0. The van der Waals surface area contributed by atoms with Gasteiger partial charge >= 0.3 is 0 Å².